The lowest BCUT2D eigenvalue weighted by atomic mass is 10.1. The molecule has 0 fully saturated rings. The van der Waals surface area contributed by atoms with Gasteiger partial charge in [0.15, 0.2) is 17.2 Å². The van der Waals surface area contributed by atoms with Crippen molar-refractivity contribution in [2.75, 3.05) is 6.79 Å². The smallest absolute Gasteiger partial charge is 0.318 e. The zero-order chi connectivity index (χ0) is 13.2. The van der Waals surface area contributed by atoms with E-state index >= 15 is 0 Å². The summed E-state index contributed by atoms with van der Waals surface area (Å²) in [5.74, 6) is 1.44. The van der Waals surface area contributed by atoms with Crippen molar-refractivity contribution in [1.29, 1.82) is 0 Å². The average molecular weight is 257 g/mol. The lowest BCUT2D eigenvalue weighted by Gasteiger charge is -2.04. The summed E-state index contributed by atoms with van der Waals surface area (Å²) < 4.78 is 11.2. The van der Waals surface area contributed by atoms with Crippen LogP contribution in [0.3, 0.4) is 0 Å². The highest BCUT2D eigenvalue weighted by molar-refractivity contribution is 5.69. The third-order valence-electron chi connectivity index (χ3n) is 2.80. The Balaban J connectivity index is 1.91. The summed E-state index contributed by atoms with van der Waals surface area (Å²) >= 11 is 0. The van der Waals surface area contributed by atoms with Gasteiger partial charge in [-0.05, 0) is 35.8 Å². The van der Waals surface area contributed by atoms with Gasteiger partial charge in [0.2, 0.25) is 6.79 Å². The average Bonchev–Trinajstić information content (AvgIpc) is 2.85. The highest BCUT2D eigenvalue weighted by Gasteiger charge is 2.12. The highest BCUT2D eigenvalue weighted by atomic mass is 16.7. The maximum atomic E-state index is 11.6. The van der Waals surface area contributed by atoms with Gasteiger partial charge in [-0.25, -0.2) is 4.73 Å². The van der Waals surface area contributed by atoms with Crippen LogP contribution in [0.15, 0.2) is 24.5 Å². The van der Waals surface area contributed by atoms with Crippen LogP contribution in [0.25, 0.3) is 12.2 Å². The predicted octanol–water partition coefficient (Wildman–Crippen LogP) is 1.32. The second kappa shape index (κ2) is 4.56. The topological polar surface area (TPSA) is 71.2 Å². The zero-order valence-corrected chi connectivity index (χ0v) is 10.2. The Morgan fingerprint density at radius 3 is 2.95 bits per heavy atom. The first-order valence-corrected chi connectivity index (χ1v) is 5.73. The molecule has 1 aromatic carbocycles. The Kier molecular flexibility index (Phi) is 2.75. The molecular weight excluding hydrogens is 246 g/mol. The first kappa shape index (κ1) is 11.5. The number of aryl methyl sites for hydroxylation is 1. The number of rotatable bonds is 2. The first-order chi connectivity index (χ1) is 9.24. The maximum absolute atomic E-state index is 11.6. The van der Waals surface area contributed by atoms with E-state index in [1.165, 1.54) is 0 Å². The Labute approximate surface area is 109 Å². The van der Waals surface area contributed by atoms with Gasteiger partial charge in [0.25, 0.3) is 0 Å². The normalized spacial score (nSPS) is 13.1. The summed E-state index contributed by atoms with van der Waals surface area (Å²) in [5.41, 5.74) is 1.96. The molecule has 1 aliphatic heterocycles. The molecule has 1 aliphatic rings. The number of benzene rings is 1. The third kappa shape index (κ3) is 2.20. The Hall–Kier alpha value is -2.63. The number of fused-ring (bicyclic) bond motifs is 1. The van der Waals surface area contributed by atoms with Crippen molar-refractivity contribution in [2.45, 2.75) is 6.92 Å². The number of ether oxygens (including phenoxy) is 2. The van der Waals surface area contributed by atoms with Crippen LogP contribution in [0, 0.1) is 12.1 Å². The summed E-state index contributed by atoms with van der Waals surface area (Å²) in [6, 6.07) is 5.59. The van der Waals surface area contributed by atoms with Crippen LogP contribution in [-0.4, -0.2) is 17.0 Å². The molecule has 6 nitrogen and oxygen atoms in total. The number of aromatic nitrogens is 3. The van der Waals surface area contributed by atoms with Crippen LogP contribution >= 0.6 is 0 Å². The molecule has 0 spiro atoms. The predicted molar refractivity (Wildman–Crippen MR) is 67.2 cm³/mol. The van der Waals surface area contributed by atoms with Gasteiger partial charge < -0.3 is 14.7 Å². The molecule has 0 aliphatic carbocycles. The molecule has 6 heteroatoms. The fraction of sp³-hybridized carbons (Fsp3) is 0.154. The number of nitrogens with zero attached hydrogens (tertiary/aromatic N) is 3. The van der Waals surface area contributed by atoms with Gasteiger partial charge in [0.05, 0.1) is 5.10 Å². The standard InChI is InChI=1S/C13H11N3O3/c1-9-11(16(17)7-14-15-9)4-2-10-3-5-12-13(6-10)19-8-18-12/h2-7H,8H2,1H3/b4-2+. The Morgan fingerprint density at radius 2 is 2.11 bits per heavy atom. The molecule has 3 rings (SSSR count). The molecule has 1 aromatic heterocycles. The zero-order valence-electron chi connectivity index (χ0n) is 10.2. The number of hydrogen-bond donors (Lipinski definition) is 0. The van der Waals surface area contributed by atoms with E-state index in [9.17, 15) is 5.21 Å². The molecule has 2 heterocycles. The lowest BCUT2D eigenvalue weighted by molar-refractivity contribution is -0.612. The van der Waals surface area contributed by atoms with E-state index in [4.69, 9.17) is 9.47 Å². The van der Waals surface area contributed by atoms with E-state index in [2.05, 4.69) is 10.2 Å². The quantitative estimate of drug-likeness (QED) is 0.599. The van der Waals surface area contributed by atoms with Crippen molar-refractivity contribution in [3.8, 4) is 11.5 Å². The van der Waals surface area contributed by atoms with Crippen molar-refractivity contribution in [3.63, 3.8) is 0 Å². The van der Waals surface area contributed by atoms with Crippen molar-refractivity contribution in [2.24, 2.45) is 0 Å². The van der Waals surface area contributed by atoms with E-state index < -0.39 is 0 Å². The first-order valence-electron chi connectivity index (χ1n) is 5.73. The molecule has 96 valence electrons. The summed E-state index contributed by atoms with van der Waals surface area (Å²) in [4.78, 5) is 0. The minimum atomic E-state index is 0.246. The monoisotopic (exact) mass is 257 g/mol. The van der Waals surface area contributed by atoms with E-state index in [1.807, 2.05) is 24.3 Å². The second-order valence-electron chi connectivity index (χ2n) is 4.07. The fourth-order valence-electron chi connectivity index (χ4n) is 1.82. The minimum Gasteiger partial charge on any atom is -0.710 e. The maximum Gasteiger partial charge on any atom is 0.318 e. The summed E-state index contributed by atoms with van der Waals surface area (Å²) in [7, 11) is 0. The molecular formula is C13H11N3O3. The van der Waals surface area contributed by atoms with Gasteiger partial charge in [-0.3, -0.25) is 0 Å². The molecule has 0 saturated heterocycles. The van der Waals surface area contributed by atoms with Gasteiger partial charge in [0.1, 0.15) is 5.69 Å². The Bertz CT molecular complexity index is 635. The molecule has 0 radical (unpaired) electrons. The molecule has 0 bridgehead atoms. The number of hydrogen-bond acceptors (Lipinski definition) is 5. The molecule has 0 unspecified atom stereocenters. The Morgan fingerprint density at radius 1 is 1.26 bits per heavy atom. The fourth-order valence-corrected chi connectivity index (χ4v) is 1.82. The summed E-state index contributed by atoms with van der Waals surface area (Å²) in [5, 5.41) is 19.0. The molecule has 0 saturated carbocycles. The second-order valence-corrected chi connectivity index (χ2v) is 4.07. The minimum absolute atomic E-state index is 0.246. The SMILES string of the molecule is Cc1nnc[n+]([O-])c1/C=C/c1ccc2c(c1)OCO2. The van der Waals surface area contributed by atoms with Crippen LogP contribution in [0.5, 0.6) is 11.5 Å². The lowest BCUT2D eigenvalue weighted by Crippen LogP contribution is -2.32. The van der Waals surface area contributed by atoms with Crippen LogP contribution < -0.4 is 14.2 Å². The van der Waals surface area contributed by atoms with Gasteiger partial charge in [-0.2, -0.15) is 0 Å². The molecule has 19 heavy (non-hydrogen) atoms. The van der Waals surface area contributed by atoms with E-state index in [-0.39, 0.29) is 6.79 Å². The summed E-state index contributed by atoms with van der Waals surface area (Å²) in [6.07, 6.45) is 4.65. The van der Waals surface area contributed by atoms with E-state index in [0.717, 1.165) is 17.6 Å². The van der Waals surface area contributed by atoms with Crippen LogP contribution in [0.1, 0.15) is 17.0 Å². The van der Waals surface area contributed by atoms with Gasteiger partial charge in [0, 0.05) is 0 Å². The molecule has 0 amide bonds. The highest BCUT2D eigenvalue weighted by Crippen LogP contribution is 2.32. The van der Waals surface area contributed by atoms with Gasteiger partial charge in [-0.1, -0.05) is 12.1 Å². The van der Waals surface area contributed by atoms with Crippen molar-refractivity contribution >= 4 is 12.2 Å². The van der Waals surface area contributed by atoms with Crippen LogP contribution in [0.4, 0.5) is 0 Å². The van der Waals surface area contributed by atoms with E-state index in [1.54, 1.807) is 13.0 Å². The third-order valence-corrected chi connectivity index (χ3v) is 2.80. The molecule has 2 aromatic rings. The van der Waals surface area contributed by atoms with Crippen molar-refractivity contribution < 1.29 is 14.2 Å². The van der Waals surface area contributed by atoms with Crippen LogP contribution in [0.2, 0.25) is 0 Å². The largest absolute Gasteiger partial charge is 0.710 e. The van der Waals surface area contributed by atoms with Gasteiger partial charge in [-0.15, -0.1) is 0 Å². The summed E-state index contributed by atoms with van der Waals surface area (Å²) in [6.45, 7) is 1.98. The van der Waals surface area contributed by atoms with Crippen molar-refractivity contribution in [1.82, 2.24) is 10.2 Å². The van der Waals surface area contributed by atoms with Gasteiger partial charge >= 0.3 is 6.33 Å². The van der Waals surface area contributed by atoms with Crippen molar-refractivity contribution in [3.05, 3.63) is 46.7 Å². The molecule has 0 N–H and O–H groups in total. The molecule has 0 atom stereocenters. The van der Waals surface area contributed by atoms with Crippen LogP contribution in [-0.2, 0) is 0 Å². The van der Waals surface area contributed by atoms with E-state index in [0.29, 0.717) is 21.9 Å².